The van der Waals surface area contributed by atoms with E-state index in [-0.39, 0.29) is 0 Å². The Labute approximate surface area is 87.1 Å². The van der Waals surface area contributed by atoms with Gasteiger partial charge < -0.3 is 0 Å². The first-order chi connectivity index (χ1) is 6.12. The second-order valence-corrected chi connectivity index (χ2v) is 5.44. The van der Waals surface area contributed by atoms with E-state index in [2.05, 4.69) is 30.0 Å². The van der Waals surface area contributed by atoms with Gasteiger partial charge in [-0.1, -0.05) is 46.5 Å². The molecule has 1 atom stereocenters. The molecule has 13 heavy (non-hydrogen) atoms. The van der Waals surface area contributed by atoms with Crippen molar-refractivity contribution in [2.45, 2.75) is 65.7 Å². The second-order valence-electron chi connectivity index (χ2n) is 4.87. The maximum Gasteiger partial charge on any atom is -0.0354 e. The molecular formula is C12H27P. The third-order valence-electron chi connectivity index (χ3n) is 2.76. The number of unbranched alkanes of at least 4 members (excludes halogenated alkanes) is 3. The molecule has 0 aromatic carbocycles. The van der Waals surface area contributed by atoms with E-state index in [1.165, 1.54) is 51.1 Å². The molecular weight excluding hydrogens is 175 g/mol. The van der Waals surface area contributed by atoms with Crippen LogP contribution in [0.3, 0.4) is 0 Å². The van der Waals surface area contributed by atoms with E-state index in [9.17, 15) is 0 Å². The quantitative estimate of drug-likeness (QED) is 0.397. The zero-order valence-electron chi connectivity index (χ0n) is 9.73. The van der Waals surface area contributed by atoms with Crippen LogP contribution in [0.15, 0.2) is 0 Å². The third-order valence-corrected chi connectivity index (χ3v) is 3.17. The van der Waals surface area contributed by atoms with Gasteiger partial charge in [0.2, 0.25) is 0 Å². The van der Waals surface area contributed by atoms with Crippen LogP contribution in [0.5, 0.6) is 0 Å². The summed E-state index contributed by atoms with van der Waals surface area (Å²) in [5.74, 6) is 0. The predicted molar refractivity (Wildman–Crippen MR) is 66.4 cm³/mol. The molecule has 0 rings (SSSR count). The van der Waals surface area contributed by atoms with Crippen molar-refractivity contribution in [2.24, 2.45) is 5.41 Å². The Bertz CT molecular complexity index is 108. The lowest BCUT2D eigenvalue weighted by molar-refractivity contribution is 0.287. The first-order valence-electron chi connectivity index (χ1n) is 5.82. The smallest absolute Gasteiger partial charge is 0.0354 e. The standard InChI is InChI=1S/C12H27P/c1-4-5-9-12(2,3)10-7-6-8-11-13/h4-11,13H2,1-3H3. The van der Waals surface area contributed by atoms with E-state index >= 15 is 0 Å². The van der Waals surface area contributed by atoms with Gasteiger partial charge in [0, 0.05) is 0 Å². The predicted octanol–water partition coefficient (Wildman–Crippen LogP) is 4.64. The van der Waals surface area contributed by atoms with Gasteiger partial charge in [0.1, 0.15) is 0 Å². The Morgan fingerprint density at radius 2 is 1.54 bits per heavy atom. The van der Waals surface area contributed by atoms with Gasteiger partial charge in [0.15, 0.2) is 0 Å². The molecule has 80 valence electrons. The molecule has 0 fully saturated rings. The van der Waals surface area contributed by atoms with E-state index in [1.54, 1.807) is 0 Å². The minimum Gasteiger partial charge on any atom is -0.138 e. The van der Waals surface area contributed by atoms with Gasteiger partial charge in [0.25, 0.3) is 0 Å². The lowest BCUT2D eigenvalue weighted by atomic mass is 9.82. The summed E-state index contributed by atoms with van der Waals surface area (Å²) in [7, 11) is 2.81. The Morgan fingerprint density at radius 3 is 2.08 bits per heavy atom. The van der Waals surface area contributed by atoms with Crippen LogP contribution in [-0.4, -0.2) is 6.16 Å². The molecule has 0 aliphatic rings. The van der Waals surface area contributed by atoms with Crippen LogP contribution in [0.4, 0.5) is 0 Å². The summed E-state index contributed by atoms with van der Waals surface area (Å²) in [5, 5.41) is 0. The van der Waals surface area contributed by atoms with Crippen molar-refractivity contribution < 1.29 is 0 Å². The summed E-state index contributed by atoms with van der Waals surface area (Å²) in [6, 6.07) is 0. The Morgan fingerprint density at radius 1 is 0.923 bits per heavy atom. The van der Waals surface area contributed by atoms with Crippen LogP contribution in [0.1, 0.15) is 65.7 Å². The zero-order chi connectivity index (χ0) is 10.2. The first-order valence-corrected chi connectivity index (χ1v) is 6.64. The van der Waals surface area contributed by atoms with Crippen molar-refractivity contribution >= 4 is 9.24 Å². The van der Waals surface area contributed by atoms with Gasteiger partial charge >= 0.3 is 0 Å². The van der Waals surface area contributed by atoms with Crippen LogP contribution >= 0.6 is 9.24 Å². The summed E-state index contributed by atoms with van der Waals surface area (Å²) < 4.78 is 0. The number of hydrogen-bond acceptors (Lipinski definition) is 0. The van der Waals surface area contributed by atoms with Crippen LogP contribution in [0.2, 0.25) is 0 Å². The Hall–Kier alpha value is 0.430. The number of hydrogen-bond donors (Lipinski definition) is 0. The van der Waals surface area contributed by atoms with E-state index < -0.39 is 0 Å². The van der Waals surface area contributed by atoms with Crippen molar-refractivity contribution in [2.75, 3.05) is 6.16 Å². The topological polar surface area (TPSA) is 0 Å². The van der Waals surface area contributed by atoms with E-state index in [1.807, 2.05) is 0 Å². The highest BCUT2D eigenvalue weighted by molar-refractivity contribution is 7.16. The van der Waals surface area contributed by atoms with Crippen molar-refractivity contribution in [1.29, 1.82) is 0 Å². The average Bonchev–Trinajstić information content (AvgIpc) is 2.09. The minimum atomic E-state index is 0.594. The first kappa shape index (κ1) is 13.4. The molecule has 0 heterocycles. The number of rotatable bonds is 8. The fourth-order valence-electron chi connectivity index (χ4n) is 1.70. The van der Waals surface area contributed by atoms with Gasteiger partial charge in [-0.15, -0.1) is 9.24 Å². The van der Waals surface area contributed by atoms with Crippen LogP contribution < -0.4 is 0 Å². The molecule has 0 bridgehead atoms. The molecule has 0 aromatic rings. The van der Waals surface area contributed by atoms with E-state index in [0.717, 1.165) is 0 Å². The second kappa shape index (κ2) is 7.80. The molecule has 0 radical (unpaired) electrons. The van der Waals surface area contributed by atoms with Crippen LogP contribution in [0, 0.1) is 5.41 Å². The molecule has 1 heteroatoms. The molecule has 0 aliphatic heterocycles. The van der Waals surface area contributed by atoms with Gasteiger partial charge in [-0.25, -0.2) is 0 Å². The maximum absolute atomic E-state index is 2.81. The highest BCUT2D eigenvalue weighted by atomic mass is 31.0. The monoisotopic (exact) mass is 202 g/mol. The summed E-state index contributed by atoms with van der Waals surface area (Å²) >= 11 is 0. The van der Waals surface area contributed by atoms with Gasteiger partial charge in [-0.05, 0) is 30.8 Å². The normalized spacial score (nSPS) is 12.0. The molecule has 0 nitrogen and oxygen atoms in total. The Balaban J connectivity index is 3.39. The van der Waals surface area contributed by atoms with Crippen molar-refractivity contribution in [3.63, 3.8) is 0 Å². The van der Waals surface area contributed by atoms with Gasteiger partial charge in [-0.2, -0.15) is 0 Å². The molecule has 0 amide bonds. The van der Waals surface area contributed by atoms with Crippen molar-refractivity contribution in [3.8, 4) is 0 Å². The maximum atomic E-state index is 2.81. The fraction of sp³-hybridized carbons (Fsp3) is 1.00. The molecule has 0 N–H and O–H groups in total. The molecule has 0 aromatic heterocycles. The minimum absolute atomic E-state index is 0.594. The van der Waals surface area contributed by atoms with Crippen molar-refractivity contribution in [1.82, 2.24) is 0 Å². The van der Waals surface area contributed by atoms with E-state index in [4.69, 9.17) is 0 Å². The lowest BCUT2D eigenvalue weighted by Gasteiger charge is -2.24. The SMILES string of the molecule is CCCCC(C)(C)CCCCCP. The van der Waals surface area contributed by atoms with Gasteiger partial charge in [-0.3, -0.25) is 0 Å². The molecule has 1 unspecified atom stereocenters. The van der Waals surface area contributed by atoms with Gasteiger partial charge in [0.05, 0.1) is 0 Å². The van der Waals surface area contributed by atoms with Crippen LogP contribution in [0.25, 0.3) is 0 Å². The molecule has 0 saturated carbocycles. The fourth-order valence-corrected chi connectivity index (χ4v) is 1.99. The van der Waals surface area contributed by atoms with Crippen LogP contribution in [-0.2, 0) is 0 Å². The largest absolute Gasteiger partial charge is 0.138 e. The highest BCUT2D eigenvalue weighted by Crippen LogP contribution is 2.29. The lowest BCUT2D eigenvalue weighted by Crippen LogP contribution is -2.10. The summed E-state index contributed by atoms with van der Waals surface area (Å²) in [4.78, 5) is 0. The zero-order valence-corrected chi connectivity index (χ0v) is 10.9. The van der Waals surface area contributed by atoms with Crippen molar-refractivity contribution in [3.05, 3.63) is 0 Å². The third kappa shape index (κ3) is 8.75. The summed E-state index contributed by atoms with van der Waals surface area (Å²) in [5.41, 5.74) is 0.594. The Kier molecular flexibility index (Phi) is 8.06. The molecule has 0 saturated heterocycles. The average molecular weight is 202 g/mol. The van der Waals surface area contributed by atoms with E-state index in [0.29, 0.717) is 5.41 Å². The molecule has 0 aliphatic carbocycles. The summed E-state index contributed by atoms with van der Waals surface area (Å²) in [6.45, 7) is 7.12. The summed E-state index contributed by atoms with van der Waals surface area (Å²) in [6.07, 6.45) is 11.1. The highest BCUT2D eigenvalue weighted by Gasteiger charge is 2.15. The molecule has 0 spiro atoms.